The molecule has 2 aromatic carbocycles. The maximum atomic E-state index is 11.8. The number of aromatic amines is 1. The molecule has 0 bridgehead atoms. The van der Waals surface area contributed by atoms with Crippen molar-refractivity contribution < 1.29 is 14.3 Å². The number of aryl methyl sites for hydroxylation is 2. The Kier molecular flexibility index (Phi) is 7.31. The Balaban J connectivity index is 1.59. The lowest BCUT2D eigenvalue weighted by Gasteiger charge is -2.11. The van der Waals surface area contributed by atoms with Crippen LogP contribution in [0.25, 0.3) is 22.5 Å². The Labute approximate surface area is 198 Å². The van der Waals surface area contributed by atoms with Crippen LogP contribution in [0.3, 0.4) is 0 Å². The molecule has 4 aromatic rings. The normalized spacial score (nSPS) is 10.9. The summed E-state index contributed by atoms with van der Waals surface area (Å²) in [6.45, 7) is 4.08. The number of rotatable bonds is 10. The van der Waals surface area contributed by atoms with Crippen molar-refractivity contribution in [3.05, 3.63) is 65.4 Å². The third kappa shape index (κ3) is 5.14. The predicted molar refractivity (Wildman–Crippen MR) is 127 cm³/mol. The van der Waals surface area contributed by atoms with Crippen LogP contribution in [0.4, 0.5) is 0 Å². The van der Waals surface area contributed by atoms with E-state index < -0.39 is 5.97 Å². The molecule has 0 aliphatic carbocycles. The first kappa shape index (κ1) is 23.2. The SMILES string of the molecule is CCCc1nn(C)c(OCC(=O)OCC)c1Cc1ccc(-c2ccccc2-c2nn[nH]n2)cc1. The van der Waals surface area contributed by atoms with Gasteiger partial charge in [-0.15, -0.1) is 10.2 Å². The number of hydrogen-bond acceptors (Lipinski definition) is 7. The number of esters is 1. The standard InChI is InChI=1S/C25H28N6O3/c1-4-8-22-21(25(31(3)28-22)34-16-23(32)33-5-2)15-17-11-13-18(14-12-17)19-9-6-7-10-20(19)24-26-29-30-27-24/h6-7,9-14H,4-5,8,15-16H2,1-3H3,(H,26,27,29,30). The number of hydrogen-bond donors (Lipinski definition) is 1. The fraction of sp³-hybridized carbons (Fsp3) is 0.320. The van der Waals surface area contributed by atoms with E-state index in [-0.39, 0.29) is 6.61 Å². The van der Waals surface area contributed by atoms with Gasteiger partial charge >= 0.3 is 5.97 Å². The lowest BCUT2D eigenvalue weighted by Crippen LogP contribution is -2.16. The average Bonchev–Trinajstić information content (AvgIpc) is 3.48. The molecule has 0 unspecified atom stereocenters. The molecular formula is C25H28N6O3. The summed E-state index contributed by atoms with van der Waals surface area (Å²) in [6, 6.07) is 16.3. The molecule has 0 atom stereocenters. The minimum Gasteiger partial charge on any atom is -0.466 e. The molecule has 0 amide bonds. The van der Waals surface area contributed by atoms with Crippen molar-refractivity contribution in [1.82, 2.24) is 30.4 Å². The van der Waals surface area contributed by atoms with Gasteiger partial charge in [-0.05, 0) is 35.2 Å². The number of H-pyrrole nitrogens is 1. The minimum atomic E-state index is -0.392. The van der Waals surface area contributed by atoms with Crippen LogP contribution in [-0.2, 0) is 29.4 Å². The van der Waals surface area contributed by atoms with Crippen LogP contribution in [0.5, 0.6) is 5.88 Å². The highest BCUT2D eigenvalue weighted by molar-refractivity contribution is 5.80. The van der Waals surface area contributed by atoms with Crippen molar-refractivity contribution in [3.63, 3.8) is 0 Å². The zero-order chi connectivity index (χ0) is 23.9. The lowest BCUT2D eigenvalue weighted by molar-refractivity contribution is -0.145. The van der Waals surface area contributed by atoms with Crippen molar-refractivity contribution in [1.29, 1.82) is 0 Å². The maximum Gasteiger partial charge on any atom is 0.344 e. The molecule has 9 heteroatoms. The van der Waals surface area contributed by atoms with Crippen LogP contribution in [0.15, 0.2) is 48.5 Å². The summed E-state index contributed by atoms with van der Waals surface area (Å²) in [5.74, 6) is 0.766. The van der Waals surface area contributed by atoms with Gasteiger partial charge < -0.3 is 9.47 Å². The van der Waals surface area contributed by atoms with E-state index in [1.165, 1.54) is 0 Å². The smallest absolute Gasteiger partial charge is 0.344 e. The van der Waals surface area contributed by atoms with E-state index in [1.807, 2.05) is 31.3 Å². The number of ether oxygens (including phenoxy) is 2. The highest BCUT2D eigenvalue weighted by Gasteiger charge is 2.19. The molecule has 4 rings (SSSR count). The number of tetrazole rings is 1. The van der Waals surface area contributed by atoms with Crippen molar-refractivity contribution in [3.8, 4) is 28.4 Å². The minimum absolute atomic E-state index is 0.141. The fourth-order valence-corrected chi connectivity index (χ4v) is 3.94. The van der Waals surface area contributed by atoms with Gasteiger partial charge in [0.15, 0.2) is 6.61 Å². The molecular weight excluding hydrogens is 432 g/mol. The third-order valence-corrected chi connectivity index (χ3v) is 5.45. The summed E-state index contributed by atoms with van der Waals surface area (Å²) >= 11 is 0. The van der Waals surface area contributed by atoms with Crippen LogP contribution >= 0.6 is 0 Å². The molecule has 0 aliphatic rings. The number of benzene rings is 2. The van der Waals surface area contributed by atoms with Crippen LogP contribution in [-0.4, -0.2) is 49.6 Å². The van der Waals surface area contributed by atoms with Gasteiger partial charge in [0.1, 0.15) is 0 Å². The summed E-state index contributed by atoms with van der Waals surface area (Å²) in [4.78, 5) is 11.8. The Morgan fingerprint density at radius 3 is 2.50 bits per heavy atom. The predicted octanol–water partition coefficient (Wildman–Crippen LogP) is 3.75. The van der Waals surface area contributed by atoms with E-state index in [0.29, 0.717) is 24.7 Å². The number of carbonyl (C=O) groups is 1. The van der Waals surface area contributed by atoms with Gasteiger partial charge in [0.2, 0.25) is 11.7 Å². The Morgan fingerprint density at radius 2 is 1.82 bits per heavy atom. The number of aromatic nitrogens is 6. The van der Waals surface area contributed by atoms with E-state index >= 15 is 0 Å². The Morgan fingerprint density at radius 1 is 1.06 bits per heavy atom. The maximum absolute atomic E-state index is 11.8. The molecule has 34 heavy (non-hydrogen) atoms. The quantitative estimate of drug-likeness (QED) is 0.359. The second kappa shape index (κ2) is 10.7. The van der Waals surface area contributed by atoms with Gasteiger partial charge in [-0.3, -0.25) is 0 Å². The van der Waals surface area contributed by atoms with Crippen molar-refractivity contribution in [2.24, 2.45) is 7.05 Å². The summed E-state index contributed by atoms with van der Waals surface area (Å²) in [5.41, 5.74) is 6.09. The second-order valence-corrected chi connectivity index (χ2v) is 7.85. The highest BCUT2D eigenvalue weighted by atomic mass is 16.6. The topological polar surface area (TPSA) is 108 Å². The number of nitrogens with zero attached hydrogens (tertiary/aromatic N) is 5. The monoisotopic (exact) mass is 460 g/mol. The Bertz CT molecular complexity index is 1230. The molecule has 0 saturated heterocycles. The third-order valence-electron chi connectivity index (χ3n) is 5.45. The van der Waals surface area contributed by atoms with E-state index in [4.69, 9.17) is 9.47 Å². The molecule has 0 aliphatic heterocycles. The van der Waals surface area contributed by atoms with Crippen LogP contribution in [0.1, 0.15) is 37.1 Å². The molecule has 9 nitrogen and oxygen atoms in total. The zero-order valence-corrected chi connectivity index (χ0v) is 19.6. The molecule has 0 radical (unpaired) electrons. The van der Waals surface area contributed by atoms with Crippen LogP contribution in [0.2, 0.25) is 0 Å². The largest absolute Gasteiger partial charge is 0.466 e. The highest BCUT2D eigenvalue weighted by Crippen LogP contribution is 2.31. The summed E-state index contributed by atoms with van der Waals surface area (Å²) in [5, 5.41) is 19.1. The average molecular weight is 461 g/mol. The fourth-order valence-electron chi connectivity index (χ4n) is 3.94. The van der Waals surface area contributed by atoms with Crippen molar-refractivity contribution in [2.45, 2.75) is 33.1 Å². The second-order valence-electron chi connectivity index (χ2n) is 7.85. The van der Waals surface area contributed by atoms with E-state index in [0.717, 1.165) is 46.4 Å². The van der Waals surface area contributed by atoms with Gasteiger partial charge in [-0.2, -0.15) is 10.3 Å². The number of carbonyl (C=O) groups excluding carboxylic acids is 1. The zero-order valence-electron chi connectivity index (χ0n) is 19.6. The van der Waals surface area contributed by atoms with E-state index in [1.54, 1.807) is 11.6 Å². The van der Waals surface area contributed by atoms with Crippen LogP contribution in [0, 0.1) is 0 Å². The molecule has 1 N–H and O–H groups in total. The van der Waals surface area contributed by atoms with Gasteiger partial charge in [0.05, 0.1) is 12.3 Å². The molecule has 2 heterocycles. The van der Waals surface area contributed by atoms with Crippen molar-refractivity contribution >= 4 is 5.97 Å². The van der Waals surface area contributed by atoms with E-state index in [2.05, 4.69) is 56.9 Å². The molecule has 176 valence electrons. The van der Waals surface area contributed by atoms with Gasteiger partial charge in [0.25, 0.3) is 0 Å². The van der Waals surface area contributed by atoms with Crippen molar-refractivity contribution in [2.75, 3.05) is 13.2 Å². The summed E-state index contributed by atoms with van der Waals surface area (Å²) in [6.07, 6.45) is 2.45. The summed E-state index contributed by atoms with van der Waals surface area (Å²) in [7, 11) is 1.83. The van der Waals surface area contributed by atoms with Crippen LogP contribution < -0.4 is 4.74 Å². The van der Waals surface area contributed by atoms with Gasteiger partial charge in [-0.1, -0.05) is 61.9 Å². The first-order chi connectivity index (χ1) is 16.6. The number of nitrogens with one attached hydrogen (secondary N) is 1. The molecule has 0 spiro atoms. The molecule has 2 aromatic heterocycles. The first-order valence-corrected chi connectivity index (χ1v) is 11.4. The Hall–Kier alpha value is -4.01. The van der Waals surface area contributed by atoms with Gasteiger partial charge in [-0.25, -0.2) is 9.48 Å². The summed E-state index contributed by atoms with van der Waals surface area (Å²) < 4.78 is 12.5. The first-order valence-electron chi connectivity index (χ1n) is 11.4. The molecule has 0 fully saturated rings. The lowest BCUT2D eigenvalue weighted by atomic mass is 9.96. The van der Waals surface area contributed by atoms with Gasteiger partial charge in [0, 0.05) is 24.6 Å². The van der Waals surface area contributed by atoms with E-state index in [9.17, 15) is 4.79 Å². The molecule has 0 saturated carbocycles.